The van der Waals surface area contributed by atoms with Crippen molar-refractivity contribution in [1.82, 2.24) is 4.90 Å². The van der Waals surface area contributed by atoms with Gasteiger partial charge in [0.05, 0.1) is 23.7 Å². The predicted octanol–water partition coefficient (Wildman–Crippen LogP) is 2.28. The predicted molar refractivity (Wildman–Crippen MR) is 136 cm³/mol. The molecule has 0 spiro atoms. The number of rotatable bonds is 22. The van der Waals surface area contributed by atoms with Gasteiger partial charge in [0.15, 0.2) is 0 Å². The molecule has 0 aromatic heterocycles. The summed E-state index contributed by atoms with van der Waals surface area (Å²) in [7, 11) is -1.87. The van der Waals surface area contributed by atoms with Crippen LogP contribution in [0.1, 0.15) is 109 Å². The van der Waals surface area contributed by atoms with E-state index in [1.165, 1.54) is 37.9 Å². The Labute approximate surface area is 231 Å². The van der Waals surface area contributed by atoms with Gasteiger partial charge in [0.25, 0.3) is 0 Å². The number of ketones is 1. The third-order valence-electron chi connectivity index (χ3n) is 6.55. The zero-order valence-electron chi connectivity index (χ0n) is 22.1. The molecule has 0 N–H and O–H groups in total. The van der Waals surface area contributed by atoms with Crippen molar-refractivity contribution < 1.29 is 51.9 Å². The van der Waals surface area contributed by atoms with Crippen LogP contribution in [0.4, 0.5) is 0 Å². The summed E-state index contributed by atoms with van der Waals surface area (Å²) in [5, 5.41) is 0. The van der Waals surface area contributed by atoms with Crippen LogP contribution in [-0.2, 0) is 14.9 Å². The van der Waals surface area contributed by atoms with Gasteiger partial charge >= 0.3 is 29.6 Å². The van der Waals surface area contributed by atoms with Crippen LogP contribution in [0.25, 0.3) is 0 Å². The Kier molecular flexibility index (Phi) is 20.8. The summed E-state index contributed by atoms with van der Waals surface area (Å²) in [6.07, 6.45) is 19.3. The Morgan fingerprint density at radius 1 is 0.941 bits per heavy atom. The molecule has 1 heterocycles. The molecular formula is C26H48N2NaO4S+. The van der Waals surface area contributed by atoms with E-state index in [4.69, 9.17) is 0 Å². The molecule has 0 aliphatic carbocycles. The second-order valence-corrected chi connectivity index (χ2v) is 11.1. The van der Waals surface area contributed by atoms with E-state index in [0.29, 0.717) is 25.0 Å². The molecule has 0 saturated heterocycles. The second kappa shape index (κ2) is 20.9. The van der Waals surface area contributed by atoms with Gasteiger partial charge in [-0.15, -0.1) is 6.58 Å². The van der Waals surface area contributed by atoms with Crippen LogP contribution in [-0.4, -0.2) is 66.5 Å². The van der Waals surface area contributed by atoms with Crippen LogP contribution in [0.3, 0.4) is 0 Å². The van der Waals surface area contributed by atoms with Gasteiger partial charge < -0.3 is 4.55 Å². The Morgan fingerprint density at radius 3 is 2.15 bits per heavy atom. The summed E-state index contributed by atoms with van der Waals surface area (Å²) in [6.45, 7) is 6.95. The van der Waals surface area contributed by atoms with Gasteiger partial charge in [0.2, 0.25) is 5.84 Å². The number of hydrogen-bond donors (Lipinski definition) is 0. The standard InChI is InChI=1S/C26H48N2O4S.Na/c1-3-4-5-6-8-12-15-20-26-27(2)22-23-28(26)21-17-19-25(29)18-14-11-9-7-10-13-16-24-33(30,31)32;/h3H,1,4-24H2,2H3;/q;+1. The van der Waals surface area contributed by atoms with Crippen LogP contribution >= 0.6 is 0 Å². The topological polar surface area (TPSA) is 80.5 Å². The van der Waals surface area contributed by atoms with Crippen LogP contribution in [0.15, 0.2) is 12.7 Å². The summed E-state index contributed by atoms with van der Waals surface area (Å²) in [5.74, 6) is 1.59. The van der Waals surface area contributed by atoms with E-state index >= 15 is 0 Å². The monoisotopic (exact) mass is 507 g/mol. The number of carbonyl (C=O) groups is 1. The van der Waals surface area contributed by atoms with Crippen LogP contribution in [0.2, 0.25) is 0 Å². The van der Waals surface area contributed by atoms with Crippen molar-refractivity contribution in [1.29, 1.82) is 0 Å². The minimum Gasteiger partial charge on any atom is -0.748 e. The third-order valence-corrected chi connectivity index (χ3v) is 7.34. The Hall–Kier alpha value is -0.210. The molecule has 0 bridgehead atoms. The molecule has 0 fully saturated rings. The number of Topliss-reactive ketones (excluding diaryl/α,β-unsaturated/α-hetero) is 1. The molecule has 0 atom stereocenters. The number of allylic oxidation sites excluding steroid dienone is 1. The first-order valence-corrected chi connectivity index (χ1v) is 14.8. The van der Waals surface area contributed by atoms with Crippen LogP contribution in [0, 0.1) is 0 Å². The summed E-state index contributed by atoms with van der Waals surface area (Å²) < 4.78 is 34.0. The SMILES string of the molecule is C=CCCCCCCCC1=[N+](C)CCN1CCCC(=O)CCCCCCCCCS(=O)(=O)[O-].[Na+]. The van der Waals surface area contributed by atoms with Gasteiger partial charge in [0.1, 0.15) is 18.9 Å². The largest absolute Gasteiger partial charge is 1.00 e. The Bertz CT molecular complexity index is 695. The molecule has 0 aromatic rings. The van der Waals surface area contributed by atoms with Gasteiger partial charge in [-0.3, -0.25) is 14.3 Å². The molecule has 34 heavy (non-hydrogen) atoms. The fraction of sp³-hybridized carbons (Fsp3) is 0.846. The molecule has 1 rings (SSSR count). The molecule has 0 aromatic carbocycles. The summed E-state index contributed by atoms with van der Waals surface area (Å²) in [5.41, 5.74) is 0. The minimum atomic E-state index is -4.06. The Morgan fingerprint density at radius 2 is 1.50 bits per heavy atom. The van der Waals surface area contributed by atoms with E-state index in [9.17, 15) is 17.8 Å². The second-order valence-electron chi connectivity index (χ2n) is 9.55. The van der Waals surface area contributed by atoms with E-state index in [2.05, 4.69) is 23.1 Å². The first kappa shape index (κ1) is 33.8. The van der Waals surface area contributed by atoms with E-state index in [-0.39, 0.29) is 35.3 Å². The maximum atomic E-state index is 12.2. The first-order chi connectivity index (χ1) is 15.8. The Balaban J connectivity index is 0.0000109. The van der Waals surface area contributed by atoms with Crippen molar-refractivity contribution in [3.8, 4) is 0 Å². The average Bonchev–Trinajstić information content (AvgIpc) is 3.10. The van der Waals surface area contributed by atoms with Crippen molar-refractivity contribution in [3.63, 3.8) is 0 Å². The van der Waals surface area contributed by atoms with Crippen LogP contribution < -0.4 is 29.6 Å². The van der Waals surface area contributed by atoms with E-state index in [1.807, 2.05) is 6.08 Å². The third kappa shape index (κ3) is 18.1. The number of nitrogens with zero attached hydrogens (tertiary/aromatic N) is 2. The van der Waals surface area contributed by atoms with Gasteiger partial charge in [-0.2, -0.15) is 0 Å². The normalized spacial score (nSPS) is 13.9. The van der Waals surface area contributed by atoms with Crippen molar-refractivity contribution in [2.24, 2.45) is 0 Å². The maximum Gasteiger partial charge on any atom is 1.00 e. The molecular weight excluding hydrogens is 459 g/mol. The van der Waals surface area contributed by atoms with Gasteiger partial charge in [0, 0.05) is 25.0 Å². The quantitative estimate of drug-likeness (QED) is 0.0738. The summed E-state index contributed by atoms with van der Waals surface area (Å²) in [4.78, 5) is 14.7. The zero-order chi connectivity index (χ0) is 24.4. The number of unbranched alkanes of at least 4 members (excludes halogenated alkanes) is 11. The van der Waals surface area contributed by atoms with Crippen molar-refractivity contribution in [3.05, 3.63) is 12.7 Å². The smallest absolute Gasteiger partial charge is 0.748 e. The molecule has 6 nitrogen and oxygen atoms in total. The molecule has 0 saturated carbocycles. The van der Waals surface area contributed by atoms with Crippen molar-refractivity contribution in [2.45, 2.75) is 109 Å². The van der Waals surface area contributed by atoms with Crippen molar-refractivity contribution >= 4 is 21.7 Å². The first-order valence-electron chi connectivity index (χ1n) is 13.2. The molecule has 1 aliphatic rings. The molecule has 1 aliphatic heterocycles. The number of amidine groups is 1. The summed E-state index contributed by atoms with van der Waals surface area (Å²) in [6, 6.07) is 0. The van der Waals surface area contributed by atoms with Crippen molar-refractivity contribution in [2.75, 3.05) is 32.4 Å². The molecule has 8 heteroatoms. The average molecular weight is 508 g/mol. The number of hydrogen-bond acceptors (Lipinski definition) is 5. The van der Waals surface area contributed by atoms with E-state index < -0.39 is 10.1 Å². The van der Waals surface area contributed by atoms with Gasteiger partial charge in [-0.05, 0) is 38.5 Å². The zero-order valence-corrected chi connectivity index (χ0v) is 24.9. The van der Waals surface area contributed by atoms with Gasteiger partial charge in [-0.25, -0.2) is 8.42 Å². The minimum absolute atomic E-state index is 0. The van der Waals surface area contributed by atoms with Crippen LogP contribution in [0.5, 0.6) is 0 Å². The summed E-state index contributed by atoms with van der Waals surface area (Å²) >= 11 is 0. The fourth-order valence-corrected chi connectivity index (χ4v) is 5.10. The fourth-order valence-electron chi connectivity index (χ4n) is 4.54. The maximum absolute atomic E-state index is 12.2. The van der Waals surface area contributed by atoms with E-state index in [0.717, 1.165) is 77.4 Å². The number of likely N-dealkylation sites (N-methyl/N-ethyl adjacent to an activating group) is 1. The number of carbonyl (C=O) groups excluding carboxylic acids is 1. The molecule has 0 unspecified atom stereocenters. The molecule has 0 amide bonds. The molecule has 0 radical (unpaired) electrons. The van der Waals surface area contributed by atoms with Gasteiger partial charge in [-0.1, -0.05) is 57.4 Å². The van der Waals surface area contributed by atoms with E-state index in [1.54, 1.807) is 0 Å². The molecule has 192 valence electrons.